The Morgan fingerprint density at radius 1 is 0.646 bits per heavy atom. The van der Waals surface area contributed by atoms with Crippen LogP contribution in [0, 0.1) is 22.7 Å². The number of carbonyl (C=O) groups excluding carboxylic acids is 2. The van der Waals surface area contributed by atoms with Crippen molar-refractivity contribution in [2.45, 2.75) is 104 Å². The number of unbranched alkanes of at least 4 members (excludes halogenated alkanes) is 10. The molecule has 2 N–H and O–H groups in total. The van der Waals surface area contributed by atoms with Crippen molar-refractivity contribution in [3.63, 3.8) is 0 Å². The number of rotatable bonds is 16. The Labute approximate surface area is 280 Å². The fourth-order valence-corrected chi connectivity index (χ4v) is 5.19. The largest absolute Gasteiger partial charge is 0.445 e. The molecule has 0 spiro atoms. The molecule has 0 fully saturated rings. The molecule has 0 aliphatic heterocycles. The van der Waals surface area contributed by atoms with Crippen LogP contribution in [-0.4, -0.2) is 11.8 Å². The van der Waals surface area contributed by atoms with Crippen molar-refractivity contribution in [3.05, 3.63) is 80.5 Å². The molecule has 4 aromatic rings. The molecule has 0 saturated heterocycles. The molecule has 2 aromatic carbocycles. The molecule has 2 amide bonds. The molecule has 10 heteroatoms. The molecule has 0 bridgehead atoms. The highest BCUT2D eigenvalue weighted by atomic mass is 16.3. The molecule has 0 saturated carbocycles. The van der Waals surface area contributed by atoms with E-state index in [4.69, 9.17) is 19.4 Å². The van der Waals surface area contributed by atoms with Gasteiger partial charge in [-0.15, -0.1) is 0 Å². The Morgan fingerprint density at radius 2 is 1.19 bits per heavy atom. The van der Waals surface area contributed by atoms with Crippen LogP contribution in [0.3, 0.4) is 0 Å². The number of hydrogen-bond acceptors (Lipinski definition) is 8. The summed E-state index contributed by atoms with van der Waals surface area (Å²) < 4.78 is 10.7. The van der Waals surface area contributed by atoms with Gasteiger partial charge in [0.05, 0.1) is 16.5 Å². The molecule has 4 rings (SSSR count). The number of benzene rings is 2. The number of hydrogen-bond donors (Lipinski definition) is 2. The first kappa shape index (κ1) is 37.2. The highest BCUT2D eigenvalue weighted by Crippen LogP contribution is 2.23. The van der Waals surface area contributed by atoms with Crippen LogP contribution >= 0.6 is 0 Å². The van der Waals surface area contributed by atoms with Gasteiger partial charge in [0.15, 0.2) is 16.4 Å². The van der Waals surface area contributed by atoms with Crippen molar-refractivity contribution in [1.82, 2.24) is 0 Å². The van der Waals surface area contributed by atoms with Crippen molar-refractivity contribution in [2.24, 2.45) is 0 Å². The molecule has 10 nitrogen and oxygen atoms in total. The smallest absolute Gasteiger partial charge is 0.224 e. The molecule has 2 heterocycles. The van der Waals surface area contributed by atoms with E-state index in [0.29, 0.717) is 40.6 Å². The topological polar surface area (TPSA) is 166 Å². The average Bonchev–Trinajstić information content (AvgIpc) is 3.08. The second-order valence-electron chi connectivity index (χ2n) is 11.7. The summed E-state index contributed by atoms with van der Waals surface area (Å²) in [5, 5.41) is 24.0. The lowest BCUT2D eigenvalue weighted by Crippen LogP contribution is -2.12. The number of amides is 2. The third-order valence-electron chi connectivity index (χ3n) is 7.77. The van der Waals surface area contributed by atoms with Gasteiger partial charge >= 0.3 is 0 Å². The van der Waals surface area contributed by atoms with Crippen molar-refractivity contribution in [3.8, 4) is 12.1 Å². The fourth-order valence-electron chi connectivity index (χ4n) is 5.19. The zero-order valence-electron chi connectivity index (χ0n) is 27.9. The van der Waals surface area contributed by atoms with E-state index in [9.17, 15) is 19.2 Å². The van der Waals surface area contributed by atoms with Gasteiger partial charge in [-0.25, -0.2) is 0 Å². The van der Waals surface area contributed by atoms with Gasteiger partial charge < -0.3 is 19.5 Å². The molecule has 252 valence electrons. The van der Waals surface area contributed by atoms with Crippen LogP contribution in [0.15, 0.2) is 67.0 Å². The number of para-hydroxylation sites is 1. The normalized spacial score (nSPS) is 10.5. The zero-order valence-corrected chi connectivity index (χ0v) is 27.9. The lowest BCUT2D eigenvalue weighted by atomic mass is 10.1. The van der Waals surface area contributed by atoms with Gasteiger partial charge in [-0.1, -0.05) is 84.1 Å². The van der Waals surface area contributed by atoms with Gasteiger partial charge in [0.1, 0.15) is 17.7 Å². The Morgan fingerprint density at radius 3 is 1.79 bits per heavy atom. The van der Waals surface area contributed by atoms with Crippen LogP contribution < -0.4 is 21.5 Å². The summed E-state index contributed by atoms with van der Waals surface area (Å²) in [5.74, 6) is -0.247. The van der Waals surface area contributed by atoms with E-state index in [1.54, 1.807) is 36.4 Å². The maximum Gasteiger partial charge on any atom is 0.224 e. The summed E-state index contributed by atoms with van der Waals surface area (Å²) in [5.41, 5.74) is 0.999. The Hall–Kier alpha value is -5.22. The first-order valence-corrected chi connectivity index (χ1v) is 16.8. The summed E-state index contributed by atoms with van der Waals surface area (Å²) in [7, 11) is 0. The van der Waals surface area contributed by atoms with E-state index >= 15 is 0 Å². The van der Waals surface area contributed by atoms with Gasteiger partial charge in [-0.2, -0.15) is 10.5 Å². The fraction of sp³-hybridized carbons (Fsp3) is 0.421. The SMILES string of the molecule is CCCCCCCCC(=O)Nc1ccc2oc(C#N)cc(=O)c2c1.CCCCCCCCC(=O)Nc1cccc2c(=O)cc(C#N)oc12. The van der Waals surface area contributed by atoms with Crippen molar-refractivity contribution < 1.29 is 18.4 Å². The van der Waals surface area contributed by atoms with Gasteiger partial charge in [-0.3, -0.25) is 19.2 Å². The number of nitrogens with zero attached hydrogens (tertiary/aromatic N) is 2. The highest BCUT2D eigenvalue weighted by molar-refractivity contribution is 5.99. The summed E-state index contributed by atoms with van der Waals surface area (Å²) in [4.78, 5) is 48.0. The zero-order chi connectivity index (χ0) is 34.7. The number of carbonyl (C=O) groups is 2. The highest BCUT2D eigenvalue weighted by Gasteiger charge is 2.12. The minimum absolute atomic E-state index is 0.0210. The number of anilines is 2. The standard InChI is InChI=1S/2C19H22N2O3/c1-2-3-4-5-6-7-11-18(23)21-16-10-8-9-15-17(22)12-14(13-20)24-19(15)16;1-2-3-4-5-6-7-8-19(23)21-14-9-10-18-16(11-14)17(22)12-15(13-20)24-18/h8-10,12H,2-7,11H2,1H3,(H,21,23);9-12H,2-8H2,1H3,(H,21,23). The van der Waals surface area contributed by atoms with Gasteiger partial charge in [0.2, 0.25) is 23.3 Å². The van der Waals surface area contributed by atoms with E-state index in [1.807, 2.05) is 12.1 Å². The minimum Gasteiger partial charge on any atom is -0.445 e. The van der Waals surface area contributed by atoms with Crippen LogP contribution in [0.5, 0.6) is 0 Å². The molecule has 2 aromatic heterocycles. The van der Waals surface area contributed by atoms with Crippen LogP contribution in [-0.2, 0) is 9.59 Å². The summed E-state index contributed by atoms with van der Waals surface area (Å²) in [6, 6.07) is 15.8. The number of nitrogens with one attached hydrogen (secondary N) is 2. The van der Waals surface area contributed by atoms with Crippen molar-refractivity contribution in [2.75, 3.05) is 10.6 Å². The van der Waals surface area contributed by atoms with Gasteiger partial charge in [0.25, 0.3) is 0 Å². The Kier molecular flexibility index (Phi) is 15.6. The summed E-state index contributed by atoms with van der Waals surface area (Å²) >= 11 is 0. The van der Waals surface area contributed by atoms with Crippen LogP contribution in [0.4, 0.5) is 11.4 Å². The number of nitriles is 2. The van der Waals surface area contributed by atoms with Crippen molar-refractivity contribution >= 4 is 45.1 Å². The monoisotopic (exact) mass is 652 g/mol. The Balaban J connectivity index is 0.000000260. The predicted molar refractivity (Wildman–Crippen MR) is 188 cm³/mol. The van der Waals surface area contributed by atoms with Gasteiger partial charge in [0, 0.05) is 30.7 Å². The summed E-state index contributed by atoms with van der Waals surface area (Å²) in [6.45, 7) is 4.35. The van der Waals surface area contributed by atoms with Crippen molar-refractivity contribution in [1.29, 1.82) is 10.5 Å². The molecular weight excluding hydrogens is 608 g/mol. The molecule has 0 radical (unpaired) electrons. The second-order valence-corrected chi connectivity index (χ2v) is 11.7. The third kappa shape index (κ3) is 11.9. The molecule has 0 aliphatic carbocycles. The number of fused-ring (bicyclic) bond motifs is 2. The van der Waals surface area contributed by atoms with E-state index in [1.165, 1.54) is 44.9 Å². The Bertz CT molecular complexity index is 1860. The van der Waals surface area contributed by atoms with Crippen LogP contribution in [0.1, 0.15) is 115 Å². The van der Waals surface area contributed by atoms with Crippen LogP contribution in [0.25, 0.3) is 21.9 Å². The van der Waals surface area contributed by atoms with E-state index in [2.05, 4.69) is 24.5 Å². The maximum absolute atomic E-state index is 12.1. The molecule has 48 heavy (non-hydrogen) atoms. The van der Waals surface area contributed by atoms with Gasteiger partial charge in [-0.05, 0) is 43.2 Å². The van der Waals surface area contributed by atoms with E-state index < -0.39 is 0 Å². The third-order valence-corrected chi connectivity index (χ3v) is 7.77. The quantitative estimate of drug-likeness (QED) is 0.113. The van der Waals surface area contributed by atoms with E-state index in [-0.39, 0.29) is 39.8 Å². The molecule has 0 unspecified atom stereocenters. The second kappa shape index (κ2) is 20.1. The lowest BCUT2D eigenvalue weighted by molar-refractivity contribution is -0.117. The first-order chi connectivity index (χ1) is 23.3. The van der Waals surface area contributed by atoms with E-state index in [0.717, 1.165) is 44.2 Å². The average molecular weight is 653 g/mol. The van der Waals surface area contributed by atoms with Crippen LogP contribution in [0.2, 0.25) is 0 Å². The predicted octanol–water partition coefficient (Wildman–Crippen LogP) is 8.71. The lowest BCUT2D eigenvalue weighted by Gasteiger charge is -2.08. The molecule has 0 atom stereocenters. The minimum atomic E-state index is -0.292. The maximum atomic E-state index is 12.1. The first-order valence-electron chi connectivity index (χ1n) is 16.8. The molecule has 0 aliphatic rings. The summed E-state index contributed by atoms with van der Waals surface area (Å²) in [6.07, 6.45) is 14.4. The molecular formula is C38H44N4O6.